The average Bonchev–Trinajstić information content (AvgIpc) is 2.43. The summed E-state index contributed by atoms with van der Waals surface area (Å²) in [6.07, 6.45) is 0.418. The molecule has 3 N–H and O–H groups in total. The fourth-order valence-corrected chi connectivity index (χ4v) is 1.94. The van der Waals surface area contributed by atoms with E-state index in [0.717, 1.165) is 5.69 Å². The predicted octanol–water partition coefficient (Wildman–Crippen LogP) is 0.612. The maximum Gasteiger partial charge on any atom is 0.221 e. The Hall–Kier alpha value is -2.11. The molecule has 0 atom stereocenters. The number of carbonyl (C=O) groups excluding carboxylic acids is 1. The lowest BCUT2D eigenvalue weighted by Gasteiger charge is -2.25. The minimum atomic E-state index is 0.00275. The van der Waals surface area contributed by atoms with E-state index in [4.69, 9.17) is 15.2 Å². The molecule has 104 valence electrons. The van der Waals surface area contributed by atoms with E-state index in [1.807, 2.05) is 18.0 Å². The molecule has 0 saturated carbocycles. The van der Waals surface area contributed by atoms with E-state index in [0.29, 0.717) is 43.4 Å². The second-order valence-electron chi connectivity index (χ2n) is 4.40. The molecule has 1 amide bonds. The molecular formula is C13H19N3O3. The lowest BCUT2D eigenvalue weighted by Crippen LogP contribution is -2.27. The SMILES string of the molecule is CNC(=O)CCN(C)c1cc2c(cc1N)OCCO2. The van der Waals surface area contributed by atoms with Crippen molar-refractivity contribution < 1.29 is 14.3 Å². The minimum absolute atomic E-state index is 0.00275. The second kappa shape index (κ2) is 5.69. The number of fused-ring (bicyclic) bond motifs is 1. The zero-order valence-electron chi connectivity index (χ0n) is 11.2. The number of nitrogens with two attached hydrogens (primary N) is 1. The van der Waals surface area contributed by atoms with Crippen LogP contribution in [-0.4, -0.2) is 39.8 Å². The van der Waals surface area contributed by atoms with Crippen LogP contribution in [0.4, 0.5) is 11.4 Å². The molecule has 6 nitrogen and oxygen atoms in total. The average molecular weight is 265 g/mol. The third-order valence-electron chi connectivity index (χ3n) is 3.06. The first-order valence-electron chi connectivity index (χ1n) is 6.22. The molecule has 6 heteroatoms. The van der Waals surface area contributed by atoms with Gasteiger partial charge in [-0.05, 0) is 0 Å². The summed E-state index contributed by atoms with van der Waals surface area (Å²) in [4.78, 5) is 13.2. The Kier molecular flexibility index (Phi) is 3.99. The number of carbonyl (C=O) groups is 1. The number of hydrogen-bond acceptors (Lipinski definition) is 5. The van der Waals surface area contributed by atoms with Gasteiger partial charge in [0.2, 0.25) is 5.91 Å². The van der Waals surface area contributed by atoms with Crippen LogP contribution in [0.5, 0.6) is 11.5 Å². The highest BCUT2D eigenvalue weighted by atomic mass is 16.6. The predicted molar refractivity (Wildman–Crippen MR) is 73.8 cm³/mol. The van der Waals surface area contributed by atoms with Gasteiger partial charge in [0.1, 0.15) is 13.2 Å². The smallest absolute Gasteiger partial charge is 0.221 e. The Morgan fingerprint density at radius 1 is 1.37 bits per heavy atom. The number of anilines is 2. The van der Waals surface area contributed by atoms with Crippen LogP contribution in [0, 0.1) is 0 Å². The molecule has 2 rings (SSSR count). The summed E-state index contributed by atoms with van der Waals surface area (Å²) >= 11 is 0. The van der Waals surface area contributed by atoms with Gasteiger partial charge in [0, 0.05) is 39.2 Å². The van der Waals surface area contributed by atoms with Gasteiger partial charge in [0.15, 0.2) is 11.5 Å². The van der Waals surface area contributed by atoms with Crippen molar-refractivity contribution >= 4 is 17.3 Å². The van der Waals surface area contributed by atoms with Crippen LogP contribution in [0.15, 0.2) is 12.1 Å². The van der Waals surface area contributed by atoms with Crippen molar-refractivity contribution in [2.24, 2.45) is 0 Å². The number of nitrogens with zero attached hydrogens (tertiary/aromatic N) is 1. The molecule has 0 unspecified atom stereocenters. The van der Waals surface area contributed by atoms with Crippen molar-refractivity contribution in [3.63, 3.8) is 0 Å². The molecule has 1 aromatic carbocycles. The first-order valence-corrected chi connectivity index (χ1v) is 6.22. The van der Waals surface area contributed by atoms with Gasteiger partial charge in [-0.1, -0.05) is 0 Å². The van der Waals surface area contributed by atoms with Gasteiger partial charge in [-0.2, -0.15) is 0 Å². The Balaban J connectivity index is 2.12. The number of benzene rings is 1. The number of rotatable bonds is 4. The summed E-state index contributed by atoms with van der Waals surface area (Å²) < 4.78 is 11.0. The summed E-state index contributed by atoms with van der Waals surface area (Å²) in [5.41, 5.74) is 7.46. The largest absolute Gasteiger partial charge is 0.486 e. The van der Waals surface area contributed by atoms with Gasteiger partial charge in [-0.25, -0.2) is 0 Å². The fraction of sp³-hybridized carbons (Fsp3) is 0.462. The summed E-state index contributed by atoms with van der Waals surface area (Å²) in [5, 5.41) is 2.59. The Morgan fingerprint density at radius 3 is 2.63 bits per heavy atom. The van der Waals surface area contributed by atoms with E-state index < -0.39 is 0 Å². The van der Waals surface area contributed by atoms with Gasteiger partial charge >= 0.3 is 0 Å². The van der Waals surface area contributed by atoms with Crippen LogP contribution in [0.3, 0.4) is 0 Å². The molecule has 1 heterocycles. The van der Waals surface area contributed by atoms with Crippen LogP contribution in [0.2, 0.25) is 0 Å². The van der Waals surface area contributed by atoms with Crippen molar-refractivity contribution in [2.75, 3.05) is 44.5 Å². The monoisotopic (exact) mass is 265 g/mol. The topological polar surface area (TPSA) is 76.8 Å². The first kappa shape index (κ1) is 13.3. The number of hydrogen-bond donors (Lipinski definition) is 2. The van der Waals surface area contributed by atoms with E-state index in [-0.39, 0.29) is 5.91 Å². The van der Waals surface area contributed by atoms with Gasteiger partial charge < -0.3 is 25.4 Å². The zero-order chi connectivity index (χ0) is 13.8. The van der Waals surface area contributed by atoms with E-state index in [9.17, 15) is 4.79 Å². The lowest BCUT2D eigenvalue weighted by atomic mass is 10.2. The quantitative estimate of drug-likeness (QED) is 0.780. The van der Waals surface area contributed by atoms with E-state index >= 15 is 0 Å². The number of nitrogens with one attached hydrogen (secondary N) is 1. The van der Waals surface area contributed by atoms with Crippen LogP contribution in [0.25, 0.3) is 0 Å². The van der Waals surface area contributed by atoms with E-state index in [1.165, 1.54) is 0 Å². The standard InChI is InChI=1S/C13H19N3O3/c1-15-13(17)3-4-16(2)10-8-12-11(7-9(10)14)18-5-6-19-12/h7-8H,3-6,14H2,1-2H3,(H,15,17). The Morgan fingerprint density at radius 2 is 2.00 bits per heavy atom. The van der Waals surface area contributed by atoms with Crippen LogP contribution in [-0.2, 0) is 4.79 Å². The van der Waals surface area contributed by atoms with Crippen molar-refractivity contribution in [3.05, 3.63) is 12.1 Å². The second-order valence-corrected chi connectivity index (χ2v) is 4.40. The highest BCUT2D eigenvalue weighted by molar-refractivity contribution is 5.77. The number of nitrogen functional groups attached to an aromatic ring is 1. The minimum Gasteiger partial charge on any atom is -0.486 e. The zero-order valence-corrected chi connectivity index (χ0v) is 11.2. The molecule has 0 saturated heterocycles. The Bertz CT molecular complexity index is 476. The van der Waals surface area contributed by atoms with E-state index in [1.54, 1.807) is 13.1 Å². The van der Waals surface area contributed by atoms with E-state index in [2.05, 4.69) is 5.32 Å². The van der Waals surface area contributed by atoms with Crippen molar-refractivity contribution in [1.29, 1.82) is 0 Å². The van der Waals surface area contributed by atoms with Crippen molar-refractivity contribution in [1.82, 2.24) is 5.32 Å². The highest BCUT2D eigenvalue weighted by Crippen LogP contribution is 2.38. The van der Waals surface area contributed by atoms with Crippen LogP contribution >= 0.6 is 0 Å². The van der Waals surface area contributed by atoms with Gasteiger partial charge in [0.25, 0.3) is 0 Å². The van der Waals surface area contributed by atoms with Crippen LogP contribution < -0.4 is 25.4 Å². The maximum absolute atomic E-state index is 11.3. The molecule has 1 aliphatic heterocycles. The molecule has 0 bridgehead atoms. The molecule has 0 fully saturated rings. The lowest BCUT2D eigenvalue weighted by molar-refractivity contribution is -0.120. The third-order valence-corrected chi connectivity index (χ3v) is 3.06. The van der Waals surface area contributed by atoms with Gasteiger partial charge in [-0.3, -0.25) is 4.79 Å². The first-order chi connectivity index (χ1) is 9.11. The summed E-state index contributed by atoms with van der Waals surface area (Å²) in [6, 6.07) is 3.62. The molecule has 0 spiro atoms. The summed E-state index contributed by atoms with van der Waals surface area (Å²) in [5.74, 6) is 1.37. The Labute approximate surface area is 112 Å². The fourth-order valence-electron chi connectivity index (χ4n) is 1.94. The van der Waals surface area contributed by atoms with Crippen molar-refractivity contribution in [3.8, 4) is 11.5 Å². The number of ether oxygens (including phenoxy) is 2. The molecule has 0 aromatic heterocycles. The summed E-state index contributed by atoms with van der Waals surface area (Å²) in [7, 11) is 3.52. The molecule has 0 aliphatic carbocycles. The molecule has 19 heavy (non-hydrogen) atoms. The molecule has 1 aliphatic rings. The van der Waals surface area contributed by atoms with Gasteiger partial charge in [0.05, 0.1) is 11.4 Å². The number of amides is 1. The molecule has 0 radical (unpaired) electrons. The van der Waals surface area contributed by atoms with Gasteiger partial charge in [-0.15, -0.1) is 0 Å². The van der Waals surface area contributed by atoms with Crippen molar-refractivity contribution in [2.45, 2.75) is 6.42 Å². The summed E-state index contributed by atoms with van der Waals surface area (Å²) in [6.45, 7) is 1.67. The highest BCUT2D eigenvalue weighted by Gasteiger charge is 2.16. The van der Waals surface area contributed by atoms with Crippen LogP contribution in [0.1, 0.15) is 6.42 Å². The third kappa shape index (κ3) is 3.01. The molecule has 1 aromatic rings. The normalized spacial score (nSPS) is 12.9. The maximum atomic E-state index is 11.3. The molecular weight excluding hydrogens is 246 g/mol.